The average molecular weight is 382 g/mol. The fourth-order valence-electron chi connectivity index (χ4n) is 3.26. The van der Waals surface area contributed by atoms with Gasteiger partial charge in [0, 0.05) is 36.1 Å². The number of hydrogen-bond acceptors (Lipinski definition) is 5. The van der Waals surface area contributed by atoms with E-state index in [-0.39, 0.29) is 11.8 Å². The summed E-state index contributed by atoms with van der Waals surface area (Å²) in [5.41, 5.74) is 2.59. The molecule has 4 aromatic heterocycles. The summed E-state index contributed by atoms with van der Waals surface area (Å²) in [6.45, 7) is 0. The van der Waals surface area contributed by atoms with Crippen molar-refractivity contribution in [1.29, 1.82) is 0 Å². The maximum atomic E-state index is 12.1. The Balaban J connectivity index is 1.59. The van der Waals surface area contributed by atoms with E-state index in [1.54, 1.807) is 24.9 Å². The maximum absolute atomic E-state index is 12.1. The Morgan fingerprint density at radius 3 is 2.86 bits per heavy atom. The van der Waals surface area contributed by atoms with Crippen LogP contribution < -0.4 is 10.6 Å². The van der Waals surface area contributed by atoms with Gasteiger partial charge in [-0.2, -0.15) is 0 Å². The van der Waals surface area contributed by atoms with E-state index in [1.165, 1.54) is 0 Å². The van der Waals surface area contributed by atoms with E-state index in [4.69, 9.17) is 0 Å². The van der Waals surface area contributed by atoms with Crippen LogP contribution in [-0.2, 0) is 4.79 Å². The van der Waals surface area contributed by atoms with Crippen LogP contribution in [0.3, 0.4) is 0 Å². The van der Waals surface area contributed by atoms with E-state index in [9.17, 15) is 4.79 Å². The molecule has 1 aliphatic carbocycles. The normalized spacial score (nSPS) is 13.1. The predicted molar refractivity (Wildman–Crippen MR) is 112 cm³/mol. The van der Waals surface area contributed by atoms with Gasteiger partial charge in [-0.15, -0.1) is 0 Å². The fourth-order valence-corrected chi connectivity index (χ4v) is 3.26. The molecule has 7 heteroatoms. The molecule has 1 aliphatic rings. The predicted octanol–water partition coefficient (Wildman–Crippen LogP) is 3.07. The van der Waals surface area contributed by atoms with Crippen molar-refractivity contribution in [3.05, 3.63) is 60.4 Å². The van der Waals surface area contributed by atoms with Gasteiger partial charge in [-0.25, -0.2) is 15.0 Å². The summed E-state index contributed by atoms with van der Waals surface area (Å²) in [6, 6.07) is 7.75. The Morgan fingerprint density at radius 1 is 1.14 bits per heavy atom. The SMILES string of the molecule is CNc1ncc(C#Cc2cccc3cncn23)c2cc(NC(=O)C3CC3)ncc12. The molecule has 7 nitrogen and oxygen atoms in total. The highest BCUT2D eigenvalue weighted by Gasteiger charge is 2.29. The molecule has 0 unspecified atom stereocenters. The Bertz CT molecular complexity index is 1310. The van der Waals surface area contributed by atoms with E-state index in [2.05, 4.69) is 37.4 Å². The van der Waals surface area contributed by atoms with E-state index >= 15 is 0 Å². The van der Waals surface area contributed by atoms with Crippen LogP contribution in [0.4, 0.5) is 11.6 Å². The standard InChI is InChI=1S/C22H18N6O/c1-23-21-19-12-25-20(27-22(29)14-5-6-14)9-18(19)15(10-26-21)7-8-16-3-2-4-17-11-24-13-28(16)17/h2-4,9-14H,5-6H2,1H3,(H,23,26)(H,25,27,29). The lowest BCUT2D eigenvalue weighted by Crippen LogP contribution is -2.14. The van der Waals surface area contributed by atoms with Crippen LogP contribution in [0.25, 0.3) is 16.3 Å². The van der Waals surface area contributed by atoms with Gasteiger partial charge in [-0.05, 0) is 37.0 Å². The number of carbonyl (C=O) groups is 1. The second kappa shape index (κ2) is 6.91. The van der Waals surface area contributed by atoms with Crippen LogP contribution in [0.1, 0.15) is 24.1 Å². The summed E-state index contributed by atoms with van der Waals surface area (Å²) >= 11 is 0. The summed E-state index contributed by atoms with van der Waals surface area (Å²) in [7, 11) is 1.82. The molecule has 142 valence electrons. The van der Waals surface area contributed by atoms with Crippen LogP contribution in [0.5, 0.6) is 0 Å². The lowest BCUT2D eigenvalue weighted by Gasteiger charge is -2.09. The summed E-state index contributed by atoms with van der Waals surface area (Å²) in [4.78, 5) is 25.1. The van der Waals surface area contributed by atoms with E-state index in [0.717, 1.165) is 46.2 Å². The average Bonchev–Trinajstić information content (AvgIpc) is 3.49. The molecule has 0 radical (unpaired) electrons. The minimum absolute atomic E-state index is 0.0270. The van der Waals surface area contributed by atoms with Gasteiger partial charge < -0.3 is 10.6 Å². The van der Waals surface area contributed by atoms with Crippen LogP contribution in [0.2, 0.25) is 0 Å². The van der Waals surface area contributed by atoms with Crippen molar-refractivity contribution < 1.29 is 4.79 Å². The van der Waals surface area contributed by atoms with Crippen LogP contribution >= 0.6 is 0 Å². The Hall–Kier alpha value is -3.92. The highest BCUT2D eigenvalue weighted by Crippen LogP contribution is 2.31. The summed E-state index contributed by atoms with van der Waals surface area (Å²) in [6.07, 6.45) is 8.90. The van der Waals surface area contributed by atoms with Gasteiger partial charge in [-0.1, -0.05) is 12.0 Å². The minimum Gasteiger partial charge on any atom is -0.373 e. The molecule has 0 aliphatic heterocycles. The second-order valence-corrected chi connectivity index (χ2v) is 7.00. The Morgan fingerprint density at radius 2 is 2.03 bits per heavy atom. The number of fused-ring (bicyclic) bond motifs is 2. The molecule has 0 spiro atoms. The van der Waals surface area contributed by atoms with Crippen molar-refractivity contribution >= 4 is 33.8 Å². The van der Waals surface area contributed by atoms with Crippen molar-refractivity contribution in [1.82, 2.24) is 19.4 Å². The van der Waals surface area contributed by atoms with Gasteiger partial charge in [-0.3, -0.25) is 9.20 Å². The molecule has 1 saturated carbocycles. The number of anilines is 2. The first-order valence-corrected chi connectivity index (χ1v) is 9.43. The van der Waals surface area contributed by atoms with Gasteiger partial charge in [0.25, 0.3) is 0 Å². The molecule has 2 N–H and O–H groups in total. The number of imidazole rings is 1. The molecule has 0 aromatic carbocycles. The molecule has 4 aromatic rings. The molecule has 5 rings (SSSR count). The zero-order valence-electron chi connectivity index (χ0n) is 15.8. The van der Waals surface area contributed by atoms with Crippen molar-refractivity contribution in [2.24, 2.45) is 5.92 Å². The number of rotatable bonds is 3. The lowest BCUT2D eigenvalue weighted by atomic mass is 10.1. The third-order valence-corrected chi connectivity index (χ3v) is 4.98. The number of hydrogen-bond donors (Lipinski definition) is 2. The number of aromatic nitrogens is 4. The maximum Gasteiger partial charge on any atom is 0.228 e. The van der Waals surface area contributed by atoms with Gasteiger partial charge in [0.15, 0.2) is 0 Å². The van der Waals surface area contributed by atoms with Crippen LogP contribution in [0, 0.1) is 17.8 Å². The Kier molecular flexibility index (Phi) is 4.10. The van der Waals surface area contributed by atoms with Crippen molar-refractivity contribution in [3.8, 4) is 11.8 Å². The molecule has 29 heavy (non-hydrogen) atoms. The highest BCUT2D eigenvalue weighted by molar-refractivity contribution is 5.99. The van der Waals surface area contributed by atoms with Gasteiger partial charge in [0.1, 0.15) is 18.0 Å². The van der Waals surface area contributed by atoms with Gasteiger partial charge in [0.05, 0.1) is 23.0 Å². The van der Waals surface area contributed by atoms with Crippen molar-refractivity contribution in [2.75, 3.05) is 17.7 Å². The third kappa shape index (κ3) is 3.25. The van der Waals surface area contributed by atoms with Gasteiger partial charge >= 0.3 is 0 Å². The number of carbonyl (C=O) groups excluding carboxylic acids is 1. The molecular weight excluding hydrogens is 364 g/mol. The fraction of sp³-hybridized carbons (Fsp3) is 0.182. The van der Waals surface area contributed by atoms with Crippen LogP contribution in [0.15, 0.2) is 49.2 Å². The summed E-state index contributed by atoms with van der Waals surface area (Å²) < 4.78 is 1.94. The molecular formula is C22H18N6O. The largest absolute Gasteiger partial charge is 0.373 e. The lowest BCUT2D eigenvalue weighted by molar-refractivity contribution is -0.117. The smallest absolute Gasteiger partial charge is 0.228 e. The molecule has 1 amide bonds. The zero-order chi connectivity index (χ0) is 19.8. The van der Waals surface area contributed by atoms with Crippen LogP contribution in [-0.4, -0.2) is 32.3 Å². The molecule has 4 heterocycles. The van der Waals surface area contributed by atoms with Crippen molar-refractivity contribution in [3.63, 3.8) is 0 Å². The highest BCUT2D eigenvalue weighted by atomic mass is 16.2. The number of nitrogens with one attached hydrogen (secondary N) is 2. The molecule has 0 saturated heterocycles. The van der Waals surface area contributed by atoms with E-state index < -0.39 is 0 Å². The molecule has 0 atom stereocenters. The second-order valence-electron chi connectivity index (χ2n) is 7.00. The Labute approximate surface area is 167 Å². The zero-order valence-corrected chi connectivity index (χ0v) is 15.8. The molecule has 0 bridgehead atoms. The quantitative estimate of drug-likeness (QED) is 0.532. The van der Waals surface area contributed by atoms with E-state index in [0.29, 0.717) is 5.82 Å². The topological polar surface area (TPSA) is 84.2 Å². The molecule has 1 fully saturated rings. The summed E-state index contributed by atoms with van der Waals surface area (Å²) in [5, 5.41) is 7.72. The number of pyridine rings is 3. The first-order chi connectivity index (χ1) is 14.2. The first-order valence-electron chi connectivity index (χ1n) is 9.43. The first kappa shape index (κ1) is 17.2. The van der Waals surface area contributed by atoms with Gasteiger partial charge in [0.2, 0.25) is 5.91 Å². The summed E-state index contributed by atoms with van der Waals surface area (Å²) in [5.74, 6) is 7.83. The third-order valence-electron chi connectivity index (χ3n) is 4.98. The minimum atomic E-state index is 0.0270. The number of amides is 1. The van der Waals surface area contributed by atoms with Crippen molar-refractivity contribution in [2.45, 2.75) is 12.8 Å². The van der Waals surface area contributed by atoms with E-state index in [1.807, 2.05) is 35.7 Å². The monoisotopic (exact) mass is 382 g/mol. The number of nitrogens with zero attached hydrogens (tertiary/aromatic N) is 4.